The van der Waals surface area contributed by atoms with E-state index in [0.29, 0.717) is 45.7 Å². The van der Waals surface area contributed by atoms with Crippen LogP contribution in [-0.2, 0) is 0 Å². The second-order valence-corrected chi connectivity index (χ2v) is 8.86. The van der Waals surface area contributed by atoms with Crippen molar-refractivity contribution in [3.63, 3.8) is 0 Å². The van der Waals surface area contributed by atoms with Gasteiger partial charge in [-0.05, 0) is 50.2 Å². The van der Waals surface area contributed by atoms with Gasteiger partial charge in [0.15, 0.2) is 17.1 Å². The number of aromatic nitrogens is 2. The van der Waals surface area contributed by atoms with Gasteiger partial charge in [0.25, 0.3) is 0 Å². The highest BCUT2D eigenvalue weighted by Crippen LogP contribution is 2.38. The number of rotatable bonds is 8. The highest BCUT2D eigenvalue weighted by Gasteiger charge is 2.18. The average molecular weight is 556 g/mol. The number of nitrogens with one attached hydrogen (secondary N) is 1. The second-order valence-electron chi connectivity index (χ2n) is 8.45. The summed E-state index contributed by atoms with van der Waals surface area (Å²) in [5.74, 6) is 1.60. The van der Waals surface area contributed by atoms with Gasteiger partial charge >= 0.3 is 0 Å². The number of furan rings is 1. The highest BCUT2D eigenvalue weighted by atomic mass is 35.5. The van der Waals surface area contributed by atoms with Gasteiger partial charge in [-0.15, -0.1) is 24.8 Å². The van der Waals surface area contributed by atoms with E-state index >= 15 is 0 Å². The van der Waals surface area contributed by atoms with Crippen LogP contribution < -0.4 is 14.8 Å². The number of likely N-dealkylation sites (tertiary alicyclic amines) is 1. The molecule has 5 rings (SSSR count). The van der Waals surface area contributed by atoms with Gasteiger partial charge < -0.3 is 29.2 Å². The van der Waals surface area contributed by atoms with Gasteiger partial charge in [0.05, 0.1) is 23.9 Å². The molecule has 8 nitrogen and oxygen atoms in total. The Balaban J connectivity index is 0.00000180. The molecule has 2 aromatic heterocycles. The van der Waals surface area contributed by atoms with Crippen LogP contribution in [0.1, 0.15) is 19.3 Å². The summed E-state index contributed by atoms with van der Waals surface area (Å²) in [4.78, 5) is 11.1. The van der Waals surface area contributed by atoms with Gasteiger partial charge in [-0.25, -0.2) is 9.97 Å². The molecule has 194 valence electrons. The van der Waals surface area contributed by atoms with E-state index in [9.17, 15) is 5.11 Å². The number of ether oxygens (including phenoxy) is 2. The molecule has 4 aromatic rings. The van der Waals surface area contributed by atoms with E-state index in [1.165, 1.54) is 25.6 Å². The molecule has 1 aliphatic rings. The third kappa shape index (κ3) is 6.07. The number of halogens is 3. The number of aliphatic hydroxyl groups is 1. The lowest BCUT2D eigenvalue weighted by atomic mass is 10.1. The van der Waals surface area contributed by atoms with Crippen molar-refractivity contribution < 1.29 is 19.0 Å². The topological polar surface area (TPSA) is 92.9 Å². The summed E-state index contributed by atoms with van der Waals surface area (Å²) in [5, 5.41) is 16.0. The molecule has 36 heavy (non-hydrogen) atoms. The second kappa shape index (κ2) is 12.7. The zero-order chi connectivity index (χ0) is 23.5. The first-order chi connectivity index (χ1) is 16.6. The van der Waals surface area contributed by atoms with E-state index in [1.54, 1.807) is 19.4 Å². The van der Waals surface area contributed by atoms with Crippen molar-refractivity contribution in [1.82, 2.24) is 14.9 Å². The lowest BCUT2D eigenvalue weighted by Gasteiger charge is -2.28. The van der Waals surface area contributed by atoms with Gasteiger partial charge in [0.1, 0.15) is 30.5 Å². The van der Waals surface area contributed by atoms with Gasteiger partial charge in [-0.2, -0.15) is 0 Å². The average Bonchev–Trinajstić information content (AvgIpc) is 3.34. The van der Waals surface area contributed by atoms with E-state index in [1.807, 2.05) is 24.3 Å². The van der Waals surface area contributed by atoms with Crippen LogP contribution >= 0.6 is 36.4 Å². The van der Waals surface area contributed by atoms with Gasteiger partial charge in [0.2, 0.25) is 0 Å². The Morgan fingerprint density at radius 2 is 1.92 bits per heavy atom. The van der Waals surface area contributed by atoms with Crippen LogP contribution in [0, 0.1) is 0 Å². The summed E-state index contributed by atoms with van der Waals surface area (Å²) in [6.07, 6.45) is 6.14. The lowest BCUT2D eigenvalue weighted by Crippen LogP contribution is -2.38. The molecule has 11 heteroatoms. The molecule has 0 radical (unpaired) electrons. The quantitative estimate of drug-likeness (QED) is 0.280. The number of benzene rings is 2. The highest BCUT2D eigenvalue weighted by molar-refractivity contribution is 6.35. The fourth-order valence-electron chi connectivity index (χ4n) is 4.36. The third-order valence-electron chi connectivity index (χ3n) is 6.08. The molecular weight excluding hydrogens is 527 g/mol. The number of β-amino-alcohol motifs (C(OH)–C–C–N with tert-alkyl or cyclic N) is 1. The molecule has 1 atom stereocenters. The summed E-state index contributed by atoms with van der Waals surface area (Å²) in [7, 11) is 1.58. The number of methoxy groups -OCH3 is 1. The van der Waals surface area contributed by atoms with Crippen LogP contribution in [0.5, 0.6) is 11.5 Å². The predicted molar refractivity (Wildman–Crippen MR) is 147 cm³/mol. The van der Waals surface area contributed by atoms with Crippen molar-refractivity contribution in [2.75, 3.05) is 38.7 Å². The fourth-order valence-corrected chi connectivity index (χ4v) is 4.55. The Labute approximate surface area is 226 Å². The van der Waals surface area contributed by atoms with Crippen LogP contribution in [0.3, 0.4) is 0 Å². The number of fused-ring (bicyclic) bond motifs is 2. The molecular formula is C25H29Cl3N4O4. The minimum absolute atomic E-state index is 0. The molecule has 0 saturated carbocycles. The molecule has 0 aliphatic carbocycles. The van der Waals surface area contributed by atoms with Crippen molar-refractivity contribution in [3.8, 4) is 11.5 Å². The van der Waals surface area contributed by atoms with E-state index in [4.69, 9.17) is 25.5 Å². The number of anilines is 2. The maximum atomic E-state index is 10.5. The Bertz CT molecular complexity index is 1300. The van der Waals surface area contributed by atoms with Crippen LogP contribution in [0.4, 0.5) is 11.5 Å². The SMILES string of the molecule is COc1cc2c(Nc3c(Cl)ccc4ccoc34)ncnc2cc1OC[C@H](O)CN1CCCCC1.Cl.Cl. The Morgan fingerprint density at radius 1 is 1.11 bits per heavy atom. The minimum atomic E-state index is -0.586. The zero-order valence-corrected chi connectivity index (χ0v) is 22.2. The van der Waals surface area contributed by atoms with Crippen LogP contribution in [0.25, 0.3) is 21.9 Å². The van der Waals surface area contributed by atoms with Crippen LogP contribution in [0.2, 0.25) is 5.02 Å². The zero-order valence-electron chi connectivity index (χ0n) is 19.8. The van der Waals surface area contributed by atoms with Gasteiger partial charge in [0, 0.05) is 23.4 Å². The van der Waals surface area contributed by atoms with Crippen molar-refractivity contribution in [2.45, 2.75) is 25.4 Å². The Kier molecular flexibility index (Phi) is 9.87. The summed E-state index contributed by atoms with van der Waals surface area (Å²) in [5.41, 5.74) is 1.94. The summed E-state index contributed by atoms with van der Waals surface area (Å²) in [6, 6.07) is 9.20. The number of aliphatic hydroxyl groups excluding tert-OH is 1. The molecule has 0 spiro atoms. The molecule has 1 saturated heterocycles. The molecule has 3 heterocycles. The Morgan fingerprint density at radius 3 is 2.69 bits per heavy atom. The molecule has 0 amide bonds. The number of hydrogen-bond donors (Lipinski definition) is 2. The molecule has 1 fully saturated rings. The maximum absolute atomic E-state index is 10.5. The number of nitrogens with zero attached hydrogens (tertiary/aromatic N) is 3. The lowest BCUT2D eigenvalue weighted by molar-refractivity contribution is 0.0609. The smallest absolute Gasteiger partial charge is 0.163 e. The normalized spacial score (nSPS) is 14.6. The first-order valence-electron chi connectivity index (χ1n) is 11.4. The molecule has 1 aliphatic heterocycles. The van der Waals surface area contributed by atoms with E-state index in [0.717, 1.165) is 23.9 Å². The van der Waals surface area contributed by atoms with Crippen LogP contribution in [-0.4, -0.2) is 59.4 Å². The molecule has 0 bridgehead atoms. The van der Waals surface area contributed by atoms with E-state index < -0.39 is 6.10 Å². The standard InChI is InChI=1S/C25H27ClN4O4.2ClH/c1-32-21-11-18-20(12-22(21)34-14-17(31)13-30-8-3-2-4-9-30)27-15-28-25(18)29-23-19(26)6-5-16-7-10-33-24(16)23;;/h5-7,10-12,15,17,31H,2-4,8-9,13-14H2,1H3,(H,27,28,29);2*1H/t17-;;/m1../s1. The fraction of sp³-hybridized carbons (Fsp3) is 0.360. The predicted octanol–water partition coefficient (Wildman–Crippen LogP) is 5.85. The first kappa shape index (κ1) is 28.1. The summed E-state index contributed by atoms with van der Waals surface area (Å²) < 4.78 is 17.1. The van der Waals surface area contributed by atoms with Crippen molar-refractivity contribution in [1.29, 1.82) is 0 Å². The van der Waals surface area contributed by atoms with Gasteiger partial charge in [-0.1, -0.05) is 18.0 Å². The number of piperidine rings is 1. The largest absolute Gasteiger partial charge is 0.493 e. The monoisotopic (exact) mass is 554 g/mol. The molecule has 0 unspecified atom stereocenters. The molecule has 2 aromatic carbocycles. The maximum Gasteiger partial charge on any atom is 0.163 e. The van der Waals surface area contributed by atoms with Crippen molar-refractivity contribution in [2.24, 2.45) is 0 Å². The van der Waals surface area contributed by atoms with E-state index in [-0.39, 0.29) is 31.4 Å². The Hall–Kier alpha value is -2.49. The van der Waals surface area contributed by atoms with Crippen molar-refractivity contribution >= 4 is 69.8 Å². The van der Waals surface area contributed by atoms with Crippen molar-refractivity contribution in [3.05, 3.63) is 47.9 Å². The first-order valence-corrected chi connectivity index (χ1v) is 11.8. The third-order valence-corrected chi connectivity index (χ3v) is 6.40. The summed E-state index contributed by atoms with van der Waals surface area (Å²) >= 11 is 6.45. The van der Waals surface area contributed by atoms with Gasteiger partial charge in [-0.3, -0.25) is 0 Å². The number of hydrogen-bond acceptors (Lipinski definition) is 8. The summed E-state index contributed by atoms with van der Waals surface area (Å²) in [6.45, 7) is 2.83. The minimum Gasteiger partial charge on any atom is -0.493 e. The molecule has 2 N–H and O–H groups in total. The van der Waals surface area contributed by atoms with E-state index in [2.05, 4.69) is 20.2 Å². The van der Waals surface area contributed by atoms with Crippen LogP contribution in [0.15, 0.2) is 47.3 Å².